The number of carbonyl (C=O) groups excluding carboxylic acids is 1. The van der Waals surface area contributed by atoms with Crippen LogP contribution >= 0.6 is 0 Å². The average molecular weight is 134 g/mol. The summed E-state index contributed by atoms with van der Waals surface area (Å²) in [6.07, 6.45) is 3.83. The van der Waals surface area contributed by atoms with Gasteiger partial charge in [-0.1, -0.05) is 0 Å². The summed E-state index contributed by atoms with van der Waals surface area (Å²) in [6.45, 7) is 0. The van der Waals surface area contributed by atoms with Crippen molar-refractivity contribution in [2.24, 2.45) is 4.99 Å². The number of rotatable bonds is 0. The van der Waals surface area contributed by atoms with Crippen LogP contribution in [0.25, 0.3) is 0 Å². The van der Waals surface area contributed by atoms with E-state index in [0.717, 1.165) is 11.3 Å². The van der Waals surface area contributed by atoms with Crippen LogP contribution in [-0.2, 0) is 11.2 Å². The zero-order chi connectivity index (χ0) is 6.97. The minimum Gasteiger partial charge on any atom is -0.364 e. The highest BCUT2D eigenvalue weighted by molar-refractivity contribution is 5.97. The van der Waals surface area contributed by atoms with Crippen molar-refractivity contribution in [3.8, 4) is 0 Å². The Morgan fingerprint density at radius 3 is 3.40 bits per heavy atom. The molecular formula is C7H6N2O. The van der Waals surface area contributed by atoms with E-state index in [-0.39, 0.29) is 5.91 Å². The third-order valence-electron chi connectivity index (χ3n) is 1.54. The summed E-state index contributed by atoms with van der Waals surface area (Å²) in [5.41, 5.74) is 2.00. The fourth-order valence-corrected chi connectivity index (χ4v) is 1.03. The summed E-state index contributed by atoms with van der Waals surface area (Å²) in [5, 5.41) is 0. The first-order valence-electron chi connectivity index (χ1n) is 3.09. The van der Waals surface area contributed by atoms with Crippen molar-refractivity contribution in [3.05, 3.63) is 23.5 Å². The largest absolute Gasteiger partial charge is 0.364 e. The van der Waals surface area contributed by atoms with Crippen LogP contribution in [0.3, 0.4) is 0 Å². The van der Waals surface area contributed by atoms with Crippen molar-refractivity contribution in [1.82, 2.24) is 4.98 Å². The molecule has 2 rings (SSSR count). The Balaban J connectivity index is 2.52. The normalized spacial score (nSPS) is 15.4. The lowest BCUT2D eigenvalue weighted by Crippen LogP contribution is -2.07. The Morgan fingerprint density at radius 1 is 1.60 bits per heavy atom. The van der Waals surface area contributed by atoms with Gasteiger partial charge in [0.15, 0.2) is 0 Å². The van der Waals surface area contributed by atoms with Crippen molar-refractivity contribution < 1.29 is 4.79 Å². The molecule has 1 aliphatic heterocycles. The van der Waals surface area contributed by atoms with Gasteiger partial charge in [0.25, 0.3) is 5.91 Å². The summed E-state index contributed by atoms with van der Waals surface area (Å²) in [5.74, 6) is -0.0741. The molecule has 3 heteroatoms. The zero-order valence-corrected chi connectivity index (χ0v) is 5.29. The van der Waals surface area contributed by atoms with Gasteiger partial charge in [-0.2, -0.15) is 0 Å². The summed E-state index contributed by atoms with van der Waals surface area (Å²) in [7, 11) is 0. The maximum absolute atomic E-state index is 10.7. The van der Waals surface area contributed by atoms with E-state index in [2.05, 4.69) is 9.98 Å². The first kappa shape index (κ1) is 5.41. The number of hydrogen-bond acceptors (Lipinski definition) is 1. The van der Waals surface area contributed by atoms with E-state index >= 15 is 0 Å². The molecule has 2 heterocycles. The van der Waals surface area contributed by atoms with Crippen LogP contribution in [0.2, 0.25) is 0 Å². The molecule has 1 N–H and O–H groups in total. The molecule has 10 heavy (non-hydrogen) atoms. The lowest BCUT2D eigenvalue weighted by molar-refractivity contribution is -0.117. The maximum atomic E-state index is 10.7. The number of H-pyrrole nitrogens is 1. The number of hydrogen-bond donors (Lipinski definition) is 1. The standard InChI is InChI=1S/C7H6N2O/c10-7-3-6-5(4-9-7)1-2-8-6/h1-2,4,8H,3H2. The molecule has 0 radical (unpaired) electrons. The molecular weight excluding hydrogens is 128 g/mol. The number of aliphatic imine (C=N–C) groups is 1. The number of nitrogens with zero attached hydrogens (tertiary/aromatic N) is 1. The summed E-state index contributed by atoms with van der Waals surface area (Å²) < 4.78 is 0. The molecule has 3 nitrogen and oxygen atoms in total. The van der Waals surface area contributed by atoms with Crippen LogP contribution in [0.15, 0.2) is 17.3 Å². The summed E-state index contributed by atoms with van der Waals surface area (Å²) >= 11 is 0. The second-order valence-electron chi connectivity index (χ2n) is 2.24. The van der Waals surface area contributed by atoms with Gasteiger partial charge in [0.2, 0.25) is 0 Å². The summed E-state index contributed by atoms with van der Waals surface area (Å²) in [6, 6.07) is 1.91. The van der Waals surface area contributed by atoms with Crippen molar-refractivity contribution >= 4 is 12.1 Å². The first-order chi connectivity index (χ1) is 4.86. The van der Waals surface area contributed by atoms with E-state index in [1.165, 1.54) is 0 Å². The van der Waals surface area contributed by atoms with Gasteiger partial charge in [-0.25, -0.2) is 4.99 Å². The Bertz CT molecular complexity index is 298. The predicted molar refractivity (Wildman–Crippen MR) is 37.1 cm³/mol. The maximum Gasteiger partial charge on any atom is 0.251 e. The highest BCUT2D eigenvalue weighted by atomic mass is 16.1. The fraction of sp³-hybridized carbons (Fsp3) is 0.143. The Hall–Kier alpha value is -1.38. The minimum absolute atomic E-state index is 0.0741. The van der Waals surface area contributed by atoms with Crippen molar-refractivity contribution in [2.45, 2.75) is 6.42 Å². The molecule has 0 bridgehead atoms. The number of nitrogens with one attached hydrogen (secondary N) is 1. The number of fused-ring (bicyclic) bond motifs is 1. The van der Waals surface area contributed by atoms with E-state index in [4.69, 9.17) is 0 Å². The highest BCUT2D eigenvalue weighted by Crippen LogP contribution is 2.09. The molecule has 0 aromatic carbocycles. The van der Waals surface area contributed by atoms with Crippen LogP contribution in [-0.4, -0.2) is 17.1 Å². The molecule has 1 amide bonds. The lowest BCUT2D eigenvalue weighted by atomic mass is 10.1. The molecule has 0 fully saturated rings. The van der Waals surface area contributed by atoms with Gasteiger partial charge < -0.3 is 4.98 Å². The van der Waals surface area contributed by atoms with E-state index < -0.39 is 0 Å². The summed E-state index contributed by atoms with van der Waals surface area (Å²) in [4.78, 5) is 17.3. The Labute approximate surface area is 57.8 Å². The van der Waals surface area contributed by atoms with Crippen molar-refractivity contribution in [3.63, 3.8) is 0 Å². The Morgan fingerprint density at radius 2 is 2.50 bits per heavy atom. The third kappa shape index (κ3) is 0.673. The number of carbonyl (C=O) groups is 1. The van der Waals surface area contributed by atoms with Crippen LogP contribution in [0, 0.1) is 0 Å². The molecule has 0 unspecified atom stereocenters. The molecule has 0 atom stereocenters. The van der Waals surface area contributed by atoms with Crippen LogP contribution < -0.4 is 0 Å². The van der Waals surface area contributed by atoms with Gasteiger partial charge in [-0.05, 0) is 6.07 Å². The molecule has 0 saturated carbocycles. The molecule has 0 aliphatic carbocycles. The minimum atomic E-state index is -0.0741. The number of aromatic amines is 1. The van der Waals surface area contributed by atoms with Gasteiger partial charge >= 0.3 is 0 Å². The topological polar surface area (TPSA) is 45.2 Å². The smallest absolute Gasteiger partial charge is 0.251 e. The lowest BCUT2D eigenvalue weighted by Gasteiger charge is -2.00. The molecule has 1 aliphatic rings. The predicted octanol–water partition coefficient (Wildman–Crippen LogP) is 0.516. The van der Waals surface area contributed by atoms with Gasteiger partial charge in [0, 0.05) is 23.7 Å². The van der Waals surface area contributed by atoms with Crippen molar-refractivity contribution in [2.75, 3.05) is 0 Å². The molecule has 50 valence electrons. The van der Waals surface area contributed by atoms with Crippen molar-refractivity contribution in [1.29, 1.82) is 0 Å². The Kier molecular flexibility index (Phi) is 0.974. The molecule has 0 spiro atoms. The quantitative estimate of drug-likeness (QED) is 0.552. The van der Waals surface area contributed by atoms with Crippen LogP contribution in [0.4, 0.5) is 0 Å². The highest BCUT2D eigenvalue weighted by Gasteiger charge is 2.10. The molecule has 0 saturated heterocycles. The number of aromatic nitrogens is 1. The van der Waals surface area contributed by atoms with E-state index in [1.807, 2.05) is 12.3 Å². The molecule has 1 aromatic rings. The zero-order valence-electron chi connectivity index (χ0n) is 5.29. The third-order valence-corrected chi connectivity index (χ3v) is 1.54. The molecule has 1 aromatic heterocycles. The monoisotopic (exact) mass is 134 g/mol. The van der Waals surface area contributed by atoms with E-state index in [1.54, 1.807) is 6.21 Å². The van der Waals surface area contributed by atoms with Gasteiger partial charge in [-0.3, -0.25) is 4.79 Å². The van der Waals surface area contributed by atoms with E-state index in [0.29, 0.717) is 6.42 Å². The second kappa shape index (κ2) is 1.80. The van der Waals surface area contributed by atoms with Gasteiger partial charge in [0.1, 0.15) is 0 Å². The van der Waals surface area contributed by atoms with Crippen LogP contribution in [0.1, 0.15) is 11.3 Å². The second-order valence-corrected chi connectivity index (χ2v) is 2.24. The first-order valence-corrected chi connectivity index (χ1v) is 3.09. The van der Waals surface area contributed by atoms with Crippen LogP contribution in [0.5, 0.6) is 0 Å². The average Bonchev–Trinajstić information content (AvgIpc) is 2.33. The van der Waals surface area contributed by atoms with Gasteiger partial charge in [0.05, 0.1) is 6.42 Å². The van der Waals surface area contributed by atoms with Gasteiger partial charge in [-0.15, -0.1) is 0 Å². The fourth-order valence-electron chi connectivity index (χ4n) is 1.03. The SMILES string of the molecule is O=C1Cc2[nH]ccc2C=N1. The van der Waals surface area contributed by atoms with E-state index in [9.17, 15) is 4.79 Å². The number of amides is 1.